The van der Waals surface area contributed by atoms with Crippen LogP contribution in [0.5, 0.6) is 0 Å². The van der Waals surface area contributed by atoms with Gasteiger partial charge in [0.15, 0.2) is 0 Å². The minimum atomic E-state index is 0.766. The molecule has 1 nitrogen and oxygen atoms in total. The fourth-order valence-electron chi connectivity index (χ4n) is 1.25. The summed E-state index contributed by atoms with van der Waals surface area (Å²) >= 11 is 3.47. The highest BCUT2D eigenvalue weighted by Gasteiger charge is 1.98. The van der Waals surface area contributed by atoms with Gasteiger partial charge in [-0.05, 0) is 30.2 Å². The van der Waals surface area contributed by atoms with Crippen molar-refractivity contribution in [3.63, 3.8) is 0 Å². The number of halogens is 1. The van der Waals surface area contributed by atoms with Gasteiger partial charge in [0.25, 0.3) is 0 Å². The number of hydrogen-bond donors (Lipinski definition) is 1. The molecule has 78 valence electrons. The molecule has 0 fully saturated rings. The van der Waals surface area contributed by atoms with Crippen LogP contribution in [0.15, 0.2) is 28.7 Å². The molecule has 1 atom stereocenters. The molecule has 1 aromatic rings. The predicted octanol–water partition coefficient (Wildman–Crippen LogP) is 3.58. The second-order valence-electron chi connectivity index (χ2n) is 3.77. The van der Waals surface area contributed by atoms with Crippen LogP contribution in [0.4, 0.5) is 0 Å². The molecule has 0 heterocycles. The van der Waals surface area contributed by atoms with Crippen molar-refractivity contribution < 1.29 is 0 Å². The van der Waals surface area contributed by atoms with Crippen molar-refractivity contribution in [2.75, 3.05) is 6.54 Å². The Balaban J connectivity index is 2.31. The Morgan fingerprint density at radius 1 is 1.43 bits per heavy atom. The molecule has 0 bridgehead atoms. The Labute approximate surface area is 95.0 Å². The first-order valence-corrected chi connectivity index (χ1v) is 5.96. The molecular formula is C12H18BrN. The molecule has 0 amide bonds. The molecule has 0 saturated heterocycles. The molecule has 1 unspecified atom stereocenters. The second kappa shape index (κ2) is 6.20. The van der Waals surface area contributed by atoms with Gasteiger partial charge in [0.2, 0.25) is 0 Å². The number of nitrogens with one attached hydrogen (secondary N) is 1. The van der Waals surface area contributed by atoms with E-state index in [1.165, 1.54) is 12.0 Å². The summed E-state index contributed by atoms with van der Waals surface area (Å²) in [6.45, 7) is 6.56. The fourth-order valence-corrected chi connectivity index (χ4v) is 1.70. The molecule has 1 rings (SSSR count). The van der Waals surface area contributed by atoms with Crippen LogP contribution in [-0.2, 0) is 6.54 Å². The highest BCUT2D eigenvalue weighted by Crippen LogP contribution is 2.11. The summed E-state index contributed by atoms with van der Waals surface area (Å²) in [4.78, 5) is 0. The summed E-state index contributed by atoms with van der Waals surface area (Å²) in [5.41, 5.74) is 1.34. The Morgan fingerprint density at radius 3 is 2.86 bits per heavy atom. The van der Waals surface area contributed by atoms with E-state index in [9.17, 15) is 0 Å². The first-order valence-electron chi connectivity index (χ1n) is 5.17. The summed E-state index contributed by atoms with van der Waals surface area (Å²) < 4.78 is 1.15. The van der Waals surface area contributed by atoms with E-state index in [-0.39, 0.29) is 0 Å². The zero-order chi connectivity index (χ0) is 10.4. The van der Waals surface area contributed by atoms with Crippen molar-refractivity contribution in [1.82, 2.24) is 5.32 Å². The zero-order valence-corrected chi connectivity index (χ0v) is 10.5. The number of hydrogen-bond acceptors (Lipinski definition) is 1. The van der Waals surface area contributed by atoms with Crippen LogP contribution in [-0.4, -0.2) is 6.54 Å². The van der Waals surface area contributed by atoms with E-state index in [2.05, 4.69) is 59.4 Å². The van der Waals surface area contributed by atoms with Gasteiger partial charge < -0.3 is 5.32 Å². The lowest BCUT2D eigenvalue weighted by Gasteiger charge is -2.09. The highest BCUT2D eigenvalue weighted by molar-refractivity contribution is 9.10. The largest absolute Gasteiger partial charge is 0.312 e. The van der Waals surface area contributed by atoms with Gasteiger partial charge in [0, 0.05) is 11.0 Å². The van der Waals surface area contributed by atoms with Crippen molar-refractivity contribution in [3.05, 3.63) is 34.3 Å². The third-order valence-electron chi connectivity index (χ3n) is 2.41. The second-order valence-corrected chi connectivity index (χ2v) is 4.69. The first kappa shape index (κ1) is 11.7. The maximum Gasteiger partial charge on any atom is 0.0206 e. The van der Waals surface area contributed by atoms with E-state index in [4.69, 9.17) is 0 Å². The summed E-state index contributed by atoms with van der Waals surface area (Å²) in [6, 6.07) is 8.43. The minimum absolute atomic E-state index is 0.766. The molecule has 0 spiro atoms. The smallest absolute Gasteiger partial charge is 0.0206 e. The zero-order valence-electron chi connectivity index (χ0n) is 8.89. The van der Waals surface area contributed by atoms with E-state index >= 15 is 0 Å². The average Bonchev–Trinajstić information content (AvgIpc) is 2.17. The number of rotatable bonds is 5. The van der Waals surface area contributed by atoms with Gasteiger partial charge in [-0.2, -0.15) is 0 Å². The predicted molar refractivity (Wildman–Crippen MR) is 65.3 cm³/mol. The van der Waals surface area contributed by atoms with Crippen molar-refractivity contribution in [3.8, 4) is 0 Å². The maximum atomic E-state index is 3.47. The van der Waals surface area contributed by atoms with Crippen LogP contribution in [0.2, 0.25) is 0 Å². The average molecular weight is 256 g/mol. The summed E-state index contributed by atoms with van der Waals surface area (Å²) in [7, 11) is 0. The van der Waals surface area contributed by atoms with Crippen LogP contribution in [0.3, 0.4) is 0 Å². The van der Waals surface area contributed by atoms with Crippen molar-refractivity contribution in [1.29, 1.82) is 0 Å². The number of benzene rings is 1. The van der Waals surface area contributed by atoms with Gasteiger partial charge in [-0.1, -0.05) is 48.3 Å². The molecule has 14 heavy (non-hydrogen) atoms. The minimum Gasteiger partial charge on any atom is -0.312 e. The Morgan fingerprint density at radius 2 is 2.21 bits per heavy atom. The third-order valence-corrected chi connectivity index (χ3v) is 2.90. The molecule has 0 radical (unpaired) electrons. The summed E-state index contributed by atoms with van der Waals surface area (Å²) in [5, 5.41) is 3.46. The molecule has 0 aromatic heterocycles. The Kier molecular flexibility index (Phi) is 5.20. The molecule has 1 aromatic carbocycles. The molecule has 2 heteroatoms. The van der Waals surface area contributed by atoms with E-state index in [1.54, 1.807) is 0 Å². The third kappa shape index (κ3) is 4.25. The Hall–Kier alpha value is -0.340. The van der Waals surface area contributed by atoms with Gasteiger partial charge in [-0.25, -0.2) is 0 Å². The van der Waals surface area contributed by atoms with E-state index < -0.39 is 0 Å². The van der Waals surface area contributed by atoms with Crippen LogP contribution in [0.25, 0.3) is 0 Å². The van der Waals surface area contributed by atoms with E-state index in [1.807, 2.05) is 0 Å². The lowest BCUT2D eigenvalue weighted by molar-refractivity contribution is 0.500. The molecule has 0 aliphatic rings. The highest BCUT2D eigenvalue weighted by atomic mass is 79.9. The summed E-state index contributed by atoms with van der Waals surface area (Å²) in [5.74, 6) is 0.766. The van der Waals surface area contributed by atoms with Gasteiger partial charge in [-0.3, -0.25) is 0 Å². The van der Waals surface area contributed by atoms with Crippen LogP contribution >= 0.6 is 15.9 Å². The van der Waals surface area contributed by atoms with Gasteiger partial charge >= 0.3 is 0 Å². The molecule has 0 aliphatic carbocycles. The SMILES string of the molecule is CCC(C)CNCc1cccc(Br)c1. The van der Waals surface area contributed by atoms with Crippen LogP contribution in [0.1, 0.15) is 25.8 Å². The topological polar surface area (TPSA) is 12.0 Å². The van der Waals surface area contributed by atoms with Gasteiger partial charge in [-0.15, -0.1) is 0 Å². The van der Waals surface area contributed by atoms with Crippen LogP contribution in [0, 0.1) is 5.92 Å². The molecular weight excluding hydrogens is 238 g/mol. The fraction of sp³-hybridized carbons (Fsp3) is 0.500. The Bertz CT molecular complexity index is 273. The van der Waals surface area contributed by atoms with E-state index in [0.29, 0.717) is 0 Å². The summed E-state index contributed by atoms with van der Waals surface area (Å²) in [6.07, 6.45) is 1.24. The first-order chi connectivity index (χ1) is 6.72. The lowest BCUT2D eigenvalue weighted by Crippen LogP contribution is -2.20. The van der Waals surface area contributed by atoms with Gasteiger partial charge in [0.1, 0.15) is 0 Å². The standard InChI is InChI=1S/C12H18BrN/c1-3-10(2)8-14-9-11-5-4-6-12(13)7-11/h4-7,10,14H,3,8-9H2,1-2H3. The van der Waals surface area contributed by atoms with E-state index in [0.717, 1.165) is 23.5 Å². The van der Waals surface area contributed by atoms with Gasteiger partial charge in [0.05, 0.1) is 0 Å². The quantitative estimate of drug-likeness (QED) is 0.849. The van der Waals surface area contributed by atoms with Crippen LogP contribution < -0.4 is 5.32 Å². The molecule has 0 aliphatic heterocycles. The normalized spacial score (nSPS) is 12.8. The monoisotopic (exact) mass is 255 g/mol. The van der Waals surface area contributed by atoms with Crippen molar-refractivity contribution in [2.24, 2.45) is 5.92 Å². The molecule has 1 N–H and O–H groups in total. The molecule has 0 saturated carbocycles. The van der Waals surface area contributed by atoms with Crippen molar-refractivity contribution in [2.45, 2.75) is 26.8 Å². The lowest BCUT2D eigenvalue weighted by atomic mass is 10.1. The maximum absolute atomic E-state index is 3.47. The van der Waals surface area contributed by atoms with Crippen molar-refractivity contribution >= 4 is 15.9 Å².